The van der Waals surface area contributed by atoms with E-state index in [0.717, 1.165) is 20.2 Å². The van der Waals surface area contributed by atoms with Gasteiger partial charge in [-0.1, -0.05) is 46.3 Å². The topological polar surface area (TPSA) is 98.9 Å². The van der Waals surface area contributed by atoms with Crippen LogP contribution in [0.2, 0.25) is 0 Å². The molecule has 2 heterocycles. The number of carbonyl (C=O) groups is 1. The van der Waals surface area contributed by atoms with E-state index in [1.54, 1.807) is 12.1 Å². The highest BCUT2D eigenvalue weighted by Gasteiger charge is 2.16. The summed E-state index contributed by atoms with van der Waals surface area (Å²) in [6.07, 6.45) is 1.39. The Labute approximate surface area is 185 Å². The molecule has 0 unspecified atom stereocenters. The van der Waals surface area contributed by atoms with Gasteiger partial charge >= 0.3 is 5.69 Å². The summed E-state index contributed by atoms with van der Waals surface area (Å²) in [5.74, 6) is -0.0745. The van der Waals surface area contributed by atoms with Crippen LogP contribution in [-0.4, -0.2) is 25.0 Å². The fraction of sp³-hybridized carbons (Fsp3) is 0.136. The Hall–Kier alpha value is -3.59. The van der Waals surface area contributed by atoms with Crippen molar-refractivity contribution in [2.24, 2.45) is 7.05 Å². The van der Waals surface area contributed by atoms with Crippen molar-refractivity contribution in [1.29, 1.82) is 0 Å². The van der Waals surface area contributed by atoms with Crippen molar-refractivity contribution in [2.75, 3.05) is 5.32 Å². The predicted molar refractivity (Wildman–Crippen MR) is 122 cm³/mol. The minimum Gasteiger partial charge on any atom is -0.324 e. The third-order valence-electron chi connectivity index (χ3n) is 4.88. The zero-order valence-corrected chi connectivity index (χ0v) is 18.4. The molecule has 31 heavy (non-hydrogen) atoms. The molecule has 2 aromatic carbocycles. The van der Waals surface area contributed by atoms with Crippen molar-refractivity contribution in [2.45, 2.75) is 13.5 Å². The fourth-order valence-corrected chi connectivity index (χ4v) is 3.73. The summed E-state index contributed by atoms with van der Waals surface area (Å²) in [4.78, 5) is 47.0. The fourth-order valence-electron chi connectivity index (χ4n) is 3.25. The second-order valence-corrected chi connectivity index (χ2v) is 7.95. The molecule has 4 aromatic rings. The van der Waals surface area contributed by atoms with Crippen LogP contribution in [0.4, 0.5) is 5.69 Å². The van der Waals surface area contributed by atoms with Crippen LogP contribution in [-0.2, 0) is 18.4 Å². The summed E-state index contributed by atoms with van der Waals surface area (Å²) in [5.41, 5.74) is 1.20. The van der Waals surface area contributed by atoms with Crippen LogP contribution in [0.5, 0.6) is 0 Å². The molecule has 2 aromatic heterocycles. The number of carbonyl (C=O) groups excluding carboxylic acids is 1. The van der Waals surface area contributed by atoms with Gasteiger partial charge in [0.25, 0.3) is 5.56 Å². The molecule has 0 saturated carbocycles. The van der Waals surface area contributed by atoms with Gasteiger partial charge < -0.3 is 5.32 Å². The van der Waals surface area contributed by atoms with E-state index in [2.05, 4.69) is 31.2 Å². The highest BCUT2D eigenvalue weighted by Crippen LogP contribution is 2.20. The molecule has 0 atom stereocenters. The molecule has 0 spiro atoms. The van der Waals surface area contributed by atoms with Crippen LogP contribution >= 0.6 is 15.9 Å². The van der Waals surface area contributed by atoms with Crippen LogP contribution in [0.15, 0.2) is 68.8 Å². The van der Waals surface area contributed by atoms with Gasteiger partial charge in [-0.15, -0.1) is 0 Å². The Bertz CT molecular complexity index is 1430. The van der Waals surface area contributed by atoms with Crippen molar-refractivity contribution < 1.29 is 4.79 Å². The van der Waals surface area contributed by atoms with E-state index < -0.39 is 23.7 Å². The maximum absolute atomic E-state index is 12.9. The second kappa shape index (κ2) is 8.27. The number of anilines is 1. The lowest BCUT2D eigenvalue weighted by Gasteiger charge is -2.12. The molecule has 0 saturated heterocycles. The molecule has 0 fully saturated rings. The van der Waals surface area contributed by atoms with E-state index in [1.807, 2.05) is 43.3 Å². The first-order valence-electron chi connectivity index (χ1n) is 9.43. The van der Waals surface area contributed by atoms with Gasteiger partial charge in [0.2, 0.25) is 5.91 Å². The van der Waals surface area contributed by atoms with E-state index in [9.17, 15) is 14.4 Å². The molecular formula is C22H18BrN5O3. The number of hydrogen-bond donors (Lipinski definition) is 1. The van der Waals surface area contributed by atoms with Crippen molar-refractivity contribution in [3.63, 3.8) is 0 Å². The quantitative estimate of drug-likeness (QED) is 0.485. The number of aryl methyl sites for hydroxylation is 2. The maximum atomic E-state index is 12.9. The van der Waals surface area contributed by atoms with Gasteiger partial charge in [0.15, 0.2) is 11.5 Å². The summed E-state index contributed by atoms with van der Waals surface area (Å²) < 4.78 is 3.03. The number of halogens is 1. The van der Waals surface area contributed by atoms with Crippen LogP contribution < -0.4 is 16.6 Å². The number of nitrogens with zero attached hydrogens (tertiary/aromatic N) is 4. The summed E-state index contributed by atoms with van der Waals surface area (Å²) in [6, 6.07) is 14.7. The van der Waals surface area contributed by atoms with E-state index in [4.69, 9.17) is 0 Å². The summed E-state index contributed by atoms with van der Waals surface area (Å²) in [7, 11) is 1.51. The number of benzene rings is 2. The zero-order chi connectivity index (χ0) is 22.1. The van der Waals surface area contributed by atoms with Gasteiger partial charge in [0, 0.05) is 29.0 Å². The van der Waals surface area contributed by atoms with Crippen molar-refractivity contribution >= 4 is 38.6 Å². The highest BCUT2D eigenvalue weighted by molar-refractivity contribution is 9.10. The average molecular weight is 480 g/mol. The Morgan fingerprint density at radius 2 is 1.87 bits per heavy atom. The summed E-state index contributed by atoms with van der Waals surface area (Å²) in [6.45, 7) is 1.43. The van der Waals surface area contributed by atoms with E-state index >= 15 is 0 Å². The largest absolute Gasteiger partial charge is 0.332 e. The minimum absolute atomic E-state index is 0.161. The van der Waals surface area contributed by atoms with E-state index in [-0.39, 0.29) is 11.0 Å². The van der Waals surface area contributed by atoms with Gasteiger partial charge in [-0.3, -0.25) is 18.7 Å². The number of fused-ring (bicyclic) bond motifs is 1. The van der Waals surface area contributed by atoms with Crippen LogP contribution in [0.3, 0.4) is 0 Å². The molecule has 8 nitrogen and oxygen atoms in total. The molecule has 1 amide bonds. The summed E-state index contributed by atoms with van der Waals surface area (Å²) >= 11 is 3.37. The van der Waals surface area contributed by atoms with Crippen LogP contribution in [0.1, 0.15) is 5.56 Å². The van der Waals surface area contributed by atoms with Crippen molar-refractivity contribution in [3.8, 4) is 11.4 Å². The number of hydrogen-bond acceptors (Lipinski definition) is 5. The lowest BCUT2D eigenvalue weighted by atomic mass is 10.2. The molecule has 0 aliphatic heterocycles. The van der Waals surface area contributed by atoms with Gasteiger partial charge in [-0.25, -0.2) is 14.8 Å². The Morgan fingerprint density at radius 3 is 2.58 bits per heavy atom. The molecule has 4 rings (SSSR count). The first-order valence-corrected chi connectivity index (χ1v) is 10.2. The number of amides is 1. The van der Waals surface area contributed by atoms with Crippen LogP contribution in [0.25, 0.3) is 22.4 Å². The molecule has 1 N–H and O–H groups in total. The number of nitrogens with one attached hydrogen (secondary N) is 1. The monoisotopic (exact) mass is 479 g/mol. The highest BCUT2D eigenvalue weighted by atomic mass is 79.9. The van der Waals surface area contributed by atoms with Crippen molar-refractivity contribution in [3.05, 3.63) is 85.6 Å². The Kier molecular flexibility index (Phi) is 5.51. The van der Waals surface area contributed by atoms with Gasteiger partial charge in [-0.05, 0) is 30.7 Å². The van der Waals surface area contributed by atoms with Gasteiger partial charge in [0.1, 0.15) is 11.9 Å². The first kappa shape index (κ1) is 20.7. The average Bonchev–Trinajstić information content (AvgIpc) is 2.77. The van der Waals surface area contributed by atoms with E-state index in [1.165, 1.54) is 17.8 Å². The van der Waals surface area contributed by atoms with E-state index in [0.29, 0.717) is 11.5 Å². The molecule has 0 aliphatic carbocycles. The zero-order valence-electron chi connectivity index (χ0n) is 16.8. The second-order valence-electron chi connectivity index (χ2n) is 7.04. The van der Waals surface area contributed by atoms with Gasteiger partial charge in [0.05, 0.1) is 0 Å². The molecular weight excluding hydrogens is 462 g/mol. The third kappa shape index (κ3) is 4.04. The Balaban J connectivity index is 1.71. The number of rotatable bonds is 4. The molecule has 0 aliphatic rings. The first-order chi connectivity index (χ1) is 14.8. The standard InChI is InChI=1S/C22H18BrN5O3/c1-13-10-15(23)8-9-17(13)25-18(29)12-28-21(30)16-11-24-19(14-6-4-3-5-7-14)26-20(16)27(2)22(28)31/h3-11H,12H2,1-2H3,(H,25,29). The minimum atomic E-state index is -0.627. The lowest BCUT2D eigenvalue weighted by molar-refractivity contribution is -0.116. The lowest BCUT2D eigenvalue weighted by Crippen LogP contribution is -2.42. The SMILES string of the molecule is Cc1cc(Br)ccc1NC(=O)Cn1c(=O)c2cnc(-c3ccccc3)nc2n(C)c1=O. The molecule has 0 radical (unpaired) electrons. The molecule has 9 heteroatoms. The smallest absolute Gasteiger partial charge is 0.324 e. The summed E-state index contributed by atoms with van der Waals surface area (Å²) in [5, 5.41) is 2.90. The van der Waals surface area contributed by atoms with Crippen LogP contribution in [0, 0.1) is 6.92 Å². The molecule has 156 valence electrons. The number of aromatic nitrogens is 4. The normalized spacial score (nSPS) is 10.9. The van der Waals surface area contributed by atoms with Gasteiger partial charge in [-0.2, -0.15) is 0 Å². The maximum Gasteiger partial charge on any atom is 0.332 e. The third-order valence-corrected chi connectivity index (χ3v) is 5.37. The van der Waals surface area contributed by atoms with Crippen molar-refractivity contribution in [1.82, 2.24) is 19.1 Å². The molecule has 0 bridgehead atoms. The predicted octanol–water partition coefficient (Wildman–Crippen LogP) is 2.87. The Morgan fingerprint density at radius 1 is 1.13 bits per heavy atom.